The number of carbonyl (C=O) groups excluding carboxylic acids is 2. The summed E-state index contributed by atoms with van der Waals surface area (Å²) >= 11 is 1.71. The summed E-state index contributed by atoms with van der Waals surface area (Å²) in [7, 11) is 0. The standard InChI is InChI=1S/C22H31FN2O2S/c1-14(2)15(3)24-20(26)19-13-28-22(16-8-5-4-6-9-16)25(19)21(27)17-10-7-11-18(23)12-17/h7,10-12,14-16,19,22H,4-6,8-9,13H2,1-3H3,(H,24,26)/t15-,19+,22-/m1/s1. The lowest BCUT2D eigenvalue weighted by molar-refractivity contribution is -0.126. The lowest BCUT2D eigenvalue weighted by Gasteiger charge is -2.36. The Morgan fingerprint density at radius 3 is 2.54 bits per heavy atom. The Balaban J connectivity index is 1.86. The Bertz CT molecular complexity index is 706. The summed E-state index contributed by atoms with van der Waals surface area (Å²) in [5, 5.41) is 3.06. The number of nitrogens with one attached hydrogen (secondary N) is 1. The quantitative estimate of drug-likeness (QED) is 0.786. The van der Waals surface area contributed by atoms with Gasteiger partial charge in [-0.2, -0.15) is 0 Å². The fourth-order valence-corrected chi connectivity index (χ4v) is 5.67. The molecule has 0 aromatic heterocycles. The number of halogens is 1. The van der Waals surface area contributed by atoms with Gasteiger partial charge in [0.25, 0.3) is 5.91 Å². The molecular formula is C22H31FN2O2S. The van der Waals surface area contributed by atoms with Crippen LogP contribution in [0.2, 0.25) is 0 Å². The van der Waals surface area contributed by atoms with E-state index in [0.717, 1.165) is 12.8 Å². The van der Waals surface area contributed by atoms with Crippen LogP contribution < -0.4 is 5.32 Å². The molecule has 154 valence electrons. The van der Waals surface area contributed by atoms with Crippen molar-refractivity contribution in [3.05, 3.63) is 35.6 Å². The summed E-state index contributed by atoms with van der Waals surface area (Å²) in [6.45, 7) is 6.12. The van der Waals surface area contributed by atoms with E-state index in [1.807, 2.05) is 6.92 Å². The van der Waals surface area contributed by atoms with Gasteiger partial charge in [0, 0.05) is 17.4 Å². The Morgan fingerprint density at radius 1 is 1.18 bits per heavy atom. The number of thioether (sulfide) groups is 1. The third kappa shape index (κ3) is 4.70. The van der Waals surface area contributed by atoms with Gasteiger partial charge in [-0.25, -0.2) is 4.39 Å². The van der Waals surface area contributed by atoms with Crippen LogP contribution in [0.1, 0.15) is 63.2 Å². The first-order valence-electron chi connectivity index (χ1n) is 10.4. The summed E-state index contributed by atoms with van der Waals surface area (Å²) in [6, 6.07) is 5.33. The molecule has 1 aliphatic heterocycles. The molecule has 1 aliphatic carbocycles. The first kappa shape index (κ1) is 21.2. The molecule has 1 heterocycles. The number of carbonyl (C=O) groups is 2. The van der Waals surface area contributed by atoms with Crippen molar-refractivity contribution in [2.45, 2.75) is 70.3 Å². The molecule has 1 N–H and O–H groups in total. The zero-order chi connectivity index (χ0) is 20.3. The molecule has 0 unspecified atom stereocenters. The largest absolute Gasteiger partial charge is 0.352 e. The molecule has 1 saturated heterocycles. The van der Waals surface area contributed by atoms with E-state index in [4.69, 9.17) is 0 Å². The van der Waals surface area contributed by atoms with E-state index in [1.54, 1.807) is 28.8 Å². The maximum absolute atomic E-state index is 13.7. The highest BCUT2D eigenvalue weighted by atomic mass is 32.2. The smallest absolute Gasteiger partial charge is 0.255 e. The molecule has 4 nitrogen and oxygen atoms in total. The summed E-state index contributed by atoms with van der Waals surface area (Å²) in [4.78, 5) is 28.1. The van der Waals surface area contributed by atoms with Gasteiger partial charge in [-0.05, 0) is 49.8 Å². The predicted molar refractivity (Wildman–Crippen MR) is 112 cm³/mol. The van der Waals surface area contributed by atoms with Crippen LogP contribution in [0.4, 0.5) is 4.39 Å². The molecule has 6 heteroatoms. The molecule has 28 heavy (non-hydrogen) atoms. The van der Waals surface area contributed by atoms with Crippen molar-refractivity contribution in [2.24, 2.45) is 11.8 Å². The minimum atomic E-state index is -0.506. The van der Waals surface area contributed by atoms with Crippen molar-refractivity contribution in [2.75, 3.05) is 5.75 Å². The van der Waals surface area contributed by atoms with Crippen molar-refractivity contribution in [1.29, 1.82) is 0 Å². The van der Waals surface area contributed by atoms with Gasteiger partial charge in [-0.1, -0.05) is 39.2 Å². The highest BCUT2D eigenvalue weighted by Gasteiger charge is 2.45. The van der Waals surface area contributed by atoms with E-state index in [-0.39, 0.29) is 23.2 Å². The molecule has 2 fully saturated rings. The van der Waals surface area contributed by atoms with E-state index in [2.05, 4.69) is 19.2 Å². The topological polar surface area (TPSA) is 49.4 Å². The number of amides is 2. The molecule has 1 aromatic carbocycles. The van der Waals surface area contributed by atoms with Crippen LogP contribution in [-0.2, 0) is 4.79 Å². The minimum absolute atomic E-state index is 0.0128. The number of nitrogens with zero attached hydrogens (tertiary/aromatic N) is 1. The van der Waals surface area contributed by atoms with Gasteiger partial charge in [-0.3, -0.25) is 9.59 Å². The van der Waals surface area contributed by atoms with Crippen LogP contribution in [-0.4, -0.2) is 39.9 Å². The van der Waals surface area contributed by atoms with Gasteiger partial charge in [0.2, 0.25) is 5.91 Å². The highest BCUT2D eigenvalue weighted by molar-refractivity contribution is 8.00. The first-order chi connectivity index (χ1) is 13.4. The SMILES string of the molecule is CC(C)[C@@H](C)NC(=O)[C@@H]1CS[C@H](C2CCCCC2)N1C(=O)c1cccc(F)c1. The molecule has 0 radical (unpaired) electrons. The van der Waals surface area contributed by atoms with Crippen LogP contribution in [0, 0.1) is 17.7 Å². The second-order valence-electron chi connectivity index (χ2n) is 8.40. The van der Waals surface area contributed by atoms with Crippen LogP contribution in [0.25, 0.3) is 0 Å². The Kier molecular flexibility index (Phi) is 7.02. The van der Waals surface area contributed by atoms with Crippen molar-refractivity contribution >= 4 is 23.6 Å². The highest BCUT2D eigenvalue weighted by Crippen LogP contribution is 2.41. The minimum Gasteiger partial charge on any atom is -0.352 e. The first-order valence-corrected chi connectivity index (χ1v) is 11.4. The second-order valence-corrected chi connectivity index (χ2v) is 9.55. The average molecular weight is 407 g/mol. The number of benzene rings is 1. The van der Waals surface area contributed by atoms with E-state index in [9.17, 15) is 14.0 Å². The maximum Gasteiger partial charge on any atom is 0.255 e. The maximum atomic E-state index is 13.7. The van der Waals surface area contributed by atoms with Gasteiger partial charge < -0.3 is 10.2 Å². The lowest BCUT2D eigenvalue weighted by Crippen LogP contribution is -2.53. The van der Waals surface area contributed by atoms with E-state index >= 15 is 0 Å². The van der Waals surface area contributed by atoms with Crippen LogP contribution >= 0.6 is 11.8 Å². The molecule has 3 atom stereocenters. The van der Waals surface area contributed by atoms with Crippen molar-refractivity contribution in [3.8, 4) is 0 Å². The molecule has 1 aromatic rings. The number of hydrogen-bond donors (Lipinski definition) is 1. The van der Waals surface area contributed by atoms with Crippen LogP contribution in [0.5, 0.6) is 0 Å². The van der Waals surface area contributed by atoms with Crippen LogP contribution in [0.3, 0.4) is 0 Å². The number of rotatable bonds is 5. The predicted octanol–water partition coefficient (Wildman–Crippen LogP) is 4.45. The molecule has 0 bridgehead atoms. The van der Waals surface area contributed by atoms with Gasteiger partial charge in [-0.15, -0.1) is 11.8 Å². The third-order valence-electron chi connectivity index (χ3n) is 6.07. The number of hydrogen-bond acceptors (Lipinski definition) is 3. The fraction of sp³-hybridized carbons (Fsp3) is 0.636. The molecule has 2 amide bonds. The van der Waals surface area contributed by atoms with Gasteiger partial charge in [0.1, 0.15) is 11.9 Å². The third-order valence-corrected chi connectivity index (χ3v) is 7.53. The normalized spacial score (nSPS) is 24.4. The Labute approximate surface area is 171 Å². The summed E-state index contributed by atoms with van der Waals surface area (Å²) in [5.41, 5.74) is 0.318. The molecule has 3 rings (SSSR count). The van der Waals surface area contributed by atoms with E-state index in [1.165, 1.54) is 31.4 Å². The lowest BCUT2D eigenvalue weighted by atomic mass is 9.88. The van der Waals surface area contributed by atoms with Crippen molar-refractivity contribution in [1.82, 2.24) is 10.2 Å². The van der Waals surface area contributed by atoms with Crippen LogP contribution in [0.15, 0.2) is 24.3 Å². The molecule has 2 aliphatic rings. The monoisotopic (exact) mass is 406 g/mol. The zero-order valence-electron chi connectivity index (χ0n) is 17.0. The second kappa shape index (κ2) is 9.29. The van der Waals surface area contributed by atoms with Crippen molar-refractivity contribution in [3.63, 3.8) is 0 Å². The summed E-state index contributed by atoms with van der Waals surface area (Å²) < 4.78 is 13.7. The molecule has 1 saturated carbocycles. The zero-order valence-corrected chi connectivity index (χ0v) is 17.8. The Morgan fingerprint density at radius 2 is 1.89 bits per heavy atom. The van der Waals surface area contributed by atoms with Crippen molar-refractivity contribution < 1.29 is 14.0 Å². The van der Waals surface area contributed by atoms with Gasteiger partial charge >= 0.3 is 0 Å². The fourth-order valence-electron chi connectivity index (χ4n) is 4.03. The Hall–Kier alpha value is -1.56. The van der Waals surface area contributed by atoms with Gasteiger partial charge in [0.15, 0.2) is 0 Å². The van der Waals surface area contributed by atoms with E-state index in [0.29, 0.717) is 23.2 Å². The summed E-state index contributed by atoms with van der Waals surface area (Å²) in [6.07, 6.45) is 5.75. The average Bonchev–Trinajstić information content (AvgIpc) is 3.13. The summed E-state index contributed by atoms with van der Waals surface area (Å²) in [5.74, 6) is 0.547. The van der Waals surface area contributed by atoms with E-state index < -0.39 is 11.9 Å². The molecular weight excluding hydrogens is 375 g/mol. The van der Waals surface area contributed by atoms with Gasteiger partial charge in [0.05, 0.1) is 5.37 Å². The molecule has 0 spiro atoms.